The standard InChI is InChI=1S/C10H10ClN3S/c11-7-6-9-13-14-10(15-9)12-8-4-2-1-3-5-8/h1-5H,6-7H2,(H,12,14). The molecular weight excluding hydrogens is 230 g/mol. The van der Waals surface area contributed by atoms with Crippen LogP contribution in [0.25, 0.3) is 0 Å². The van der Waals surface area contributed by atoms with Crippen molar-refractivity contribution in [2.45, 2.75) is 6.42 Å². The lowest BCUT2D eigenvalue weighted by molar-refractivity contribution is 0.989. The number of para-hydroxylation sites is 1. The Morgan fingerprint density at radius 1 is 1.20 bits per heavy atom. The van der Waals surface area contributed by atoms with E-state index in [2.05, 4.69) is 15.5 Å². The number of nitrogens with zero attached hydrogens (tertiary/aromatic N) is 2. The van der Waals surface area contributed by atoms with Crippen LogP contribution in [0.3, 0.4) is 0 Å². The van der Waals surface area contributed by atoms with Crippen LogP contribution in [-0.2, 0) is 6.42 Å². The van der Waals surface area contributed by atoms with Gasteiger partial charge in [0.25, 0.3) is 0 Å². The summed E-state index contributed by atoms with van der Waals surface area (Å²) in [5.41, 5.74) is 1.02. The number of benzene rings is 1. The lowest BCUT2D eigenvalue weighted by Crippen LogP contribution is -1.88. The number of halogens is 1. The maximum Gasteiger partial charge on any atom is 0.210 e. The molecule has 0 radical (unpaired) electrons. The Balaban J connectivity index is 2.05. The van der Waals surface area contributed by atoms with Gasteiger partial charge in [0.05, 0.1) is 0 Å². The van der Waals surface area contributed by atoms with E-state index in [4.69, 9.17) is 11.6 Å². The van der Waals surface area contributed by atoms with Gasteiger partial charge >= 0.3 is 0 Å². The Kier molecular flexibility index (Phi) is 3.53. The zero-order valence-corrected chi connectivity index (χ0v) is 9.55. The highest BCUT2D eigenvalue weighted by Gasteiger charge is 2.02. The van der Waals surface area contributed by atoms with E-state index in [1.807, 2.05) is 30.3 Å². The summed E-state index contributed by atoms with van der Waals surface area (Å²) in [6, 6.07) is 9.90. The average Bonchev–Trinajstić information content (AvgIpc) is 2.68. The first-order valence-corrected chi connectivity index (χ1v) is 5.94. The van der Waals surface area contributed by atoms with E-state index in [9.17, 15) is 0 Å². The van der Waals surface area contributed by atoms with Crippen molar-refractivity contribution >= 4 is 33.8 Å². The minimum atomic E-state index is 0.583. The molecule has 2 aromatic rings. The number of hydrogen-bond acceptors (Lipinski definition) is 4. The normalized spacial score (nSPS) is 10.2. The van der Waals surface area contributed by atoms with E-state index in [0.717, 1.165) is 22.2 Å². The number of alkyl halides is 1. The van der Waals surface area contributed by atoms with Crippen LogP contribution in [-0.4, -0.2) is 16.1 Å². The molecule has 5 heteroatoms. The molecular formula is C10H10ClN3S. The summed E-state index contributed by atoms with van der Waals surface area (Å²) in [7, 11) is 0. The summed E-state index contributed by atoms with van der Waals surface area (Å²) in [5, 5.41) is 13.0. The Labute approximate surface area is 97.1 Å². The highest BCUT2D eigenvalue weighted by Crippen LogP contribution is 2.20. The fourth-order valence-electron chi connectivity index (χ4n) is 1.13. The van der Waals surface area contributed by atoms with Crippen LogP contribution in [0.1, 0.15) is 5.01 Å². The van der Waals surface area contributed by atoms with E-state index in [-0.39, 0.29) is 0 Å². The minimum Gasteiger partial charge on any atom is -0.330 e. The molecule has 0 aliphatic heterocycles. The summed E-state index contributed by atoms with van der Waals surface area (Å²) in [4.78, 5) is 0. The van der Waals surface area contributed by atoms with E-state index in [1.165, 1.54) is 11.3 Å². The van der Waals surface area contributed by atoms with Crippen LogP contribution >= 0.6 is 22.9 Å². The summed E-state index contributed by atoms with van der Waals surface area (Å²) in [6.07, 6.45) is 0.774. The molecule has 0 saturated carbocycles. The number of nitrogens with one attached hydrogen (secondary N) is 1. The van der Waals surface area contributed by atoms with Gasteiger partial charge in [0.15, 0.2) is 0 Å². The Bertz CT molecular complexity index is 416. The molecule has 0 unspecified atom stereocenters. The highest BCUT2D eigenvalue weighted by atomic mass is 35.5. The molecule has 1 N–H and O–H groups in total. The number of anilines is 2. The molecule has 0 fully saturated rings. The second kappa shape index (κ2) is 5.09. The largest absolute Gasteiger partial charge is 0.330 e. The third-order valence-electron chi connectivity index (χ3n) is 1.80. The molecule has 0 amide bonds. The third-order valence-corrected chi connectivity index (χ3v) is 2.89. The Morgan fingerprint density at radius 2 is 2.00 bits per heavy atom. The molecule has 0 bridgehead atoms. The predicted octanol–water partition coefficient (Wildman–Crippen LogP) is 3.06. The van der Waals surface area contributed by atoms with Gasteiger partial charge < -0.3 is 5.32 Å². The van der Waals surface area contributed by atoms with Crippen LogP contribution in [0.2, 0.25) is 0 Å². The first-order valence-electron chi connectivity index (χ1n) is 4.59. The zero-order valence-electron chi connectivity index (χ0n) is 7.98. The lowest BCUT2D eigenvalue weighted by Gasteiger charge is -1.99. The number of aromatic nitrogens is 2. The number of hydrogen-bond donors (Lipinski definition) is 1. The van der Waals surface area contributed by atoms with Gasteiger partial charge in [-0.15, -0.1) is 21.8 Å². The second-order valence-electron chi connectivity index (χ2n) is 2.93. The van der Waals surface area contributed by atoms with Crippen molar-refractivity contribution in [3.8, 4) is 0 Å². The van der Waals surface area contributed by atoms with Gasteiger partial charge in [-0.05, 0) is 12.1 Å². The molecule has 0 spiro atoms. The molecule has 15 heavy (non-hydrogen) atoms. The Hall–Kier alpha value is -1.13. The van der Waals surface area contributed by atoms with Gasteiger partial charge in [-0.1, -0.05) is 29.5 Å². The smallest absolute Gasteiger partial charge is 0.210 e. The maximum atomic E-state index is 5.62. The van der Waals surface area contributed by atoms with E-state index < -0.39 is 0 Å². The quantitative estimate of drug-likeness (QED) is 0.834. The monoisotopic (exact) mass is 239 g/mol. The zero-order chi connectivity index (χ0) is 10.5. The van der Waals surface area contributed by atoms with Gasteiger partial charge in [-0.2, -0.15) is 0 Å². The van der Waals surface area contributed by atoms with Gasteiger partial charge in [0.1, 0.15) is 5.01 Å². The topological polar surface area (TPSA) is 37.8 Å². The van der Waals surface area contributed by atoms with Crippen molar-refractivity contribution < 1.29 is 0 Å². The highest BCUT2D eigenvalue weighted by molar-refractivity contribution is 7.15. The van der Waals surface area contributed by atoms with Crippen molar-refractivity contribution in [3.05, 3.63) is 35.3 Å². The van der Waals surface area contributed by atoms with Gasteiger partial charge in [0, 0.05) is 18.0 Å². The fraction of sp³-hybridized carbons (Fsp3) is 0.200. The number of aryl methyl sites for hydroxylation is 1. The minimum absolute atomic E-state index is 0.583. The average molecular weight is 240 g/mol. The first-order chi connectivity index (χ1) is 7.38. The molecule has 78 valence electrons. The van der Waals surface area contributed by atoms with Crippen LogP contribution < -0.4 is 5.32 Å². The van der Waals surface area contributed by atoms with Crippen LogP contribution in [0.4, 0.5) is 10.8 Å². The van der Waals surface area contributed by atoms with Crippen molar-refractivity contribution in [2.75, 3.05) is 11.2 Å². The second-order valence-corrected chi connectivity index (χ2v) is 4.37. The Morgan fingerprint density at radius 3 is 2.73 bits per heavy atom. The van der Waals surface area contributed by atoms with Crippen LogP contribution in [0, 0.1) is 0 Å². The van der Waals surface area contributed by atoms with Crippen molar-refractivity contribution in [1.82, 2.24) is 10.2 Å². The molecule has 0 atom stereocenters. The molecule has 0 aliphatic carbocycles. The maximum absolute atomic E-state index is 5.62. The molecule has 3 nitrogen and oxygen atoms in total. The van der Waals surface area contributed by atoms with Gasteiger partial charge in [0.2, 0.25) is 5.13 Å². The van der Waals surface area contributed by atoms with Crippen molar-refractivity contribution in [2.24, 2.45) is 0 Å². The van der Waals surface area contributed by atoms with Crippen molar-refractivity contribution in [1.29, 1.82) is 0 Å². The SMILES string of the molecule is ClCCc1nnc(Nc2ccccc2)s1. The van der Waals surface area contributed by atoms with Crippen molar-refractivity contribution in [3.63, 3.8) is 0 Å². The van der Waals surface area contributed by atoms with Crippen LogP contribution in [0.15, 0.2) is 30.3 Å². The van der Waals surface area contributed by atoms with E-state index in [0.29, 0.717) is 5.88 Å². The summed E-state index contributed by atoms with van der Waals surface area (Å²) in [6.45, 7) is 0. The van der Waals surface area contributed by atoms with Gasteiger partial charge in [-0.3, -0.25) is 0 Å². The predicted molar refractivity (Wildman–Crippen MR) is 64.1 cm³/mol. The molecule has 2 rings (SSSR count). The van der Waals surface area contributed by atoms with Gasteiger partial charge in [-0.25, -0.2) is 0 Å². The molecule has 1 aromatic carbocycles. The third kappa shape index (κ3) is 2.91. The summed E-state index contributed by atoms with van der Waals surface area (Å²) in [5.74, 6) is 0.583. The molecule has 1 heterocycles. The van der Waals surface area contributed by atoms with E-state index >= 15 is 0 Å². The lowest BCUT2D eigenvalue weighted by atomic mass is 10.3. The summed E-state index contributed by atoms with van der Waals surface area (Å²) < 4.78 is 0. The first kappa shape index (κ1) is 10.4. The summed E-state index contributed by atoms with van der Waals surface area (Å²) >= 11 is 7.16. The van der Waals surface area contributed by atoms with E-state index in [1.54, 1.807) is 0 Å². The molecule has 0 aliphatic rings. The molecule has 1 aromatic heterocycles. The number of rotatable bonds is 4. The molecule has 0 saturated heterocycles. The fourth-order valence-corrected chi connectivity index (χ4v) is 2.18. The van der Waals surface area contributed by atoms with Crippen LogP contribution in [0.5, 0.6) is 0 Å².